The maximum Gasteiger partial charge on any atom is 0.332 e. The van der Waals surface area contributed by atoms with Crippen LogP contribution in [0.5, 0.6) is 0 Å². The second kappa shape index (κ2) is 6.97. The number of ether oxygens (including phenoxy) is 1. The van der Waals surface area contributed by atoms with Crippen molar-refractivity contribution in [1.29, 1.82) is 0 Å². The first-order valence-electron chi connectivity index (χ1n) is 5.22. The Morgan fingerprint density at radius 1 is 1.65 bits per heavy atom. The molecule has 1 unspecified atom stereocenters. The van der Waals surface area contributed by atoms with Crippen LogP contribution in [-0.2, 0) is 20.7 Å². The van der Waals surface area contributed by atoms with E-state index in [1.165, 1.54) is 11.3 Å². The standard InChI is InChI=1S/C10H15N3O3S/c1-2-16-10(15)8(11)9(14)12-4-3-7-5-17-6-13-7/h5-6,8H,2-4,11H2,1H3,(H,12,14). The topological polar surface area (TPSA) is 94.3 Å². The van der Waals surface area contributed by atoms with Gasteiger partial charge in [-0.3, -0.25) is 4.79 Å². The van der Waals surface area contributed by atoms with E-state index in [1.54, 1.807) is 12.4 Å². The Kier molecular flexibility index (Phi) is 5.58. The first-order valence-corrected chi connectivity index (χ1v) is 6.16. The highest BCUT2D eigenvalue weighted by Gasteiger charge is 2.22. The molecule has 6 nitrogen and oxygen atoms in total. The Hall–Kier alpha value is -1.47. The van der Waals surface area contributed by atoms with Crippen molar-refractivity contribution in [3.63, 3.8) is 0 Å². The van der Waals surface area contributed by atoms with E-state index in [1.807, 2.05) is 5.38 Å². The Balaban J connectivity index is 2.27. The minimum Gasteiger partial charge on any atom is -0.464 e. The summed E-state index contributed by atoms with van der Waals surface area (Å²) in [4.78, 5) is 26.7. The van der Waals surface area contributed by atoms with Crippen LogP contribution in [-0.4, -0.2) is 36.1 Å². The number of nitrogens with one attached hydrogen (secondary N) is 1. The summed E-state index contributed by atoms with van der Waals surface area (Å²) in [5, 5.41) is 4.46. The highest BCUT2D eigenvalue weighted by molar-refractivity contribution is 7.07. The van der Waals surface area contributed by atoms with Crippen LogP contribution in [0.25, 0.3) is 0 Å². The van der Waals surface area contributed by atoms with Gasteiger partial charge in [0.05, 0.1) is 17.8 Å². The molecule has 0 aliphatic heterocycles. The zero-order valence-corrected chi connectivity index (χ0v) is 10.3. The fourth-order valence-electron chi connectivity index (χ4n) is 1.12. The molecule has 0 bridgehead atoms. The fourth-order valence-corrected chi connectivity index (χ4v) is 1.72. The van der Waals surface area contributed by atoms with E-state index in [4.69, 9.17) is 5.73 Å². The highest BCUT2D eigenvalue weighted by Crippen LogP contribution is 2.00. The summed E-state index contributed by atoms with van der Waals surface area (Å²) in [6, 6.07) is -1.26. The summed E-state index contributed by atoms with van der Waals surface area (Å²) in [5.41, 5.74) is 8.03. The van der Waals surface area contributed by atoms with Crippen molar-refractivity contribution in [1.82, 2.24) is 10.3 Å². The molecule has 0 spiro atoms. The van der Waals surface area contributed by atoms with Gasteiger partial charge >= 0.3 is 5.97 Å². The Bertz CT molecular complexity index is 367. The summed E-state index contributed by atoms with van der Waals surface area (Å²) in [7, 11) is 0. The average Bonchev–Trinajstić information content (AvgIpc) is 2.81. The summed E-state index contributed by atoms with van der Waals surface area (Å²) in [5.74, 6) is -1.24. The van der Waals surface area contributed by atoms with Crippen LogP contribution in [0.4, 0.5) is 0 Å². The van der Waals surface area contributed by atoms with E-state index >= 15 is 0 Å². The number of rotatable bonds is 6. The van der Waals surface area contributed by atoms with Gasteiger partial charge in [0, 0.05) is 18.3 Å². The van der Waals surface area contributed by atoms with Gasteiger partial charge in [-0.2, -0.15) is 0 Å². The number of esters is 1. The van der Waals surface area contributed by atoms with Crippen molar-refractivity contribution in [3.05, 3.63) is 16.6 Å². The van der Waals surface area contributed by atoms with Gasteiger partial charge < -0.3 is 15.8 Å². The monoisotopic (exact) mass is 257 g/mol. The molecule has 1 rings (SSSR count). The van der Waals surface area contributed by atoms with E-state index in [0.29, 0.717) is 13.0 Å². The molecule has 0 saturated heterocycles. The predicted octanol–water partition coefficient (Wildman–Crippen LogP) is -0.308. The molecule has 7 heteroatoms. The molecule has 1 aromatic heterocycles. The molecule has 17 heavy (non-hydrogen) atoms. The molecule has 0 fully saturated rings. The number of nitrogens with two attached hydrogens (primary N) is 1. The van der Waals surface area contributed by atoms with Crippen molar-refractivity contribution in [2.45, 2.75) is 19.4 Å². The van der Waals surface area contributed by atoms with Crippen LogP contribution in [0.2, 0.25) is 0 Å². The van der Waals surface area contributed by atoms with Gasteiger partial charge in [-0.05, 0) is 6.92 Å². The summed E-state index contributed by atoms with van der Waals surface area (Å²) in [6.45, 7) is 2.26. The molecule has 1 amide bonds. The van der Waals surface area contributed by atoms with Gasteiger partial charge in [-0.25, -0.2) is 9.78 Å². The second-order valence-electron chi connectivity index (χ2n) is 3.25. The molecule has 0 aromatic carbocycles. The molecule has 0 aliphatic rings. The van der Waals surface area contributed by atoms with Crippen LogP contribution >= 0.6 is 11.3 Å². The van der Waals surface area contributed by atoms with Gasteiger partial charge in [-0.1, -0.05) is 0 Å². The fraction of sp³-hybridized carbons (Fsp3) is 0.500. The number of hydrogen-bond acceptors (Lipinski definition) is 6. The molecular formula is C10H15N3O3S. The summed E-state index contributed by atoms with van der Waals surface area (Å²) in [6.07, 6.45) is 0.616. The zero-order chi connectivity index (χ0) is 12.7. The molecular weight excluding hydrogens is 242 g/mol. The minimum absolute atomic E-state index is 0.207. The van der Waals surface area contributed by atoms with Crippen LogP contribution < -0.4 is 11.1 Å². The number of carbonyl (C=O) groups is 2. The van der Waals surface area contributed by atoms with Gasteiger partial charge in [-0.15, -0.1) is 11.3 Å². The third kappa shape index (κ3) is 4.49. The lowest BCUT2D eigenvalue weighted by Gasteiger charge is -2.10. The summed E-state index contributed by atoms with van der Waals surface area (Å²) >= 11 is 1.49. The molecule has 1 heterocycles. The molecule has 94 valence electrons. The SMILES string of the molecule is CCOC(=O)C(N)C(=O)NCCc1cscn1. The van der Waals surface area contributed by atoms with Crippen LogP contribution in [0, 0.1) is 0 Å². The molecule has 3 N–H and O–H groups in total. The lowest BCUT2D eigenvalue weighted by Crippen LogP contribution is -2.47. The third-order valence-corrected chi connectivity index (χ3v) is 2.62. The Labute approximate surface area is 103 Å². The normalized spacial score (nSPS) is 11.9. The molecule has 1 aromatic rings. The average molecular weight is 257 g/mol. The van der Waals surface area contributed by atoms with E-state index in [-0.39, 0.29) is 6.61 Å². The maximum atomic E-state index is 11.4. The lowest BCUT2D eigenvalue weighted by atomic mass is 10.3. The lowest BCUT2D eigenvalue weighted by molar-refractivity contribution is -0.147. The van der Waals surface area contributed by atoms with Crippen molar-refractivity contribution in [2.75, 3.05) is 13.2 Å². The van der Waals surface area contributed by atoms with Gasteiger partial charge in [0.1, 0.15) is 0 Å². The second-order valence-corrected chi connectivity index (χ2v) is 3.97. The van der Waals surface area contributed by atoms with E-state index in [0.717, 1.165) is 5.69 Å². The first-order chi connectivity index (χ1) is 8.15. The molecule has 0 aliphatic carbocycles. The van der Waals surface area contributed by atoms with Gasteiger partial charge in [0.2, 0.25) is 5.91 Å². The van der Waals surface area contributed by atoms with E-state index in [2.05, 4.69) is 15.0 Å². The van der Waals surface area contributed by atoms with E-state index in [9.17, 15) is 9.59 Å². The van der Waals surface area contributed by atoms with Crippen LogP contribution in [0.15, 0.2) is 10.9 Å². The van der Waals surface area contributed by atoms with E-state index < -0.39 is 17.9 Å². The van der Waals surface area contributed by atoms with Gasteiger partial charge in [0.15, 0.2) is 6.04 Å². The number of hydrogen-bond donors (Lipinski definition) is 2. The predicted molar refractivity (Wildman–Crippen MR) is 63.4 cm³/mol. The first kappa shape index (κ1) is 13.6. The molecule has 0 radical (unpaired) electrons. The Morgan fingerprint density at radius 3 is 3.00 bits per heavy atom. The maximum absolute atomic E-state index is 11.4. The largest absolute Gasteiger partial charge is 0.464 e. The number of amides is 1. The zero-order valence-electron chi connectivity index (χ0n) is 9.51. The number of thiazole rings is 1. The number of carbonyl (C=O) groups excluding carboxylic acids is 2. The highest BCUT2D eigenvalue weighted by atomic mass is 32.1. The van der Waals surface area contributed by atoms with Crippen LogP contribution in [0.1, 0.15) is 12.6 Å². The van der Waals surface area contributed by atoms with Crippen molar-refractivity contribution in [2.24, 2.45) is 5.73 Å². The number of nitrogens with zero attached hydrogens (tertiary/aromatic N) is 1. The Morgan fingerprint density at radius 2 is 2.41 bits per heavy atom. The molecule has 0 saturated carbocycles. The molecule has 1 atom stereocenters. The smallest absolute Gasteiger partial charge is 0.332 e. The van der Waals surface area contributed by atoms with Crippen molar-refractivity contribution < 1.29 is 14.3 Å². The van der Waals surface area contributed by atoms with Crippen molar-refractivity contribution >= 4 is 23.2 Å². The van der Waals surface area contributed by atoms with Crippen LogP contribution in [0.3, 0.4) is 0 Å². The van der Waals surface area contributed by atoms with Crippen molar-refractivity contribution in [3.8, 4) is 0 Å². The summed E-state index contributed by atoms with van der Waals surface area (Å²) < 4.78 is 4.64. The van der Waals surface area contributed by atoms with Gasteiger partial charge in [0.25, 0.3) is 0 Å². The number of aromatic nitrogens is 1. The minimum atomic E-state index is -1.26. The third-order valence-electron chi connectivity index (χ3n) is 1.99. The quantitative estimate of drug-likeness (QED) is 0.538.